The highest BCUT2D eigenvalue weighted by Gasteiger charge is 2.16. The molecule has 1 aliphatic rings. The normalized spacial score (nSPS) is 23.3. The summed E-state index contributed by atoms with van der Waals surface area (Å²) in [5, 5.41) is 3.23. The monoisotopic (exact) mass is 194 g/mol. The zero-order valence-electron chi connectivity index (χ0n) is 9.26. The van der Waals surface area contributed by atoms with Crippen LogP contribution in [0.5, 0.6) is 0 Å². The fourth-order valence-corrected chi connectivity index (χ4v) is 2.06. The third kappa shape index (κ3) is 4.13. The Morgan fingerprint density at radius 2 is 2.36 bits per heavy atom. The Balaban J connectivity index is 2.02. The molecule has 0 bridgehead atoms. The first-order chi connectivity index (χ1) is 6.84. The van der Waals surface area contributed by atoms with Crippen molar-refractivity contribution in [1.29, 1.82) is 0 Å². The summed E-state index contributed by atoms with van der Waals surface area (Å²) in [6, 6.07) is 0.788. The lowest BCUT2D eigenvalue weighted by molar-refractivity contribution is 0.159. The number of piperidine rings is 1. The molecule has 0 saturated carbocycles. The second-order valence-electron chi connectivity index (χ2n) is 4.12. The molecule has 1 aliphatic heterocycles. The lowest BCUT2D eigenvalue weighted by atomic mass is 10.0. The highest BCUT2D eigenvalue weighted by molar-refractivity contribution is 4.86. The number of terminal acetylenes is 1. The molecule has 1 N–H and O–H groups in total. The standard InChI is InChI=1S/C12H22N2/c1-3-8-13-9-6-11-14-10-5-4-7-12(14)2/h1,12-13H,4-11H2,2H3. The van der Waals surface area contributed by atoms with Crippen LogP contribution in [-0.4, -0.2) is 37.1 Å². The molecule has 0 aromatic carbocycles. The van der Waals surface area contributed by atoms with Gasteiger partial charge in [0.05, 0.1) is 6.54 Å². The van der Waals surface area contributed by atoms with Gasteiger partial charge in [-0.2, -0.15) is 0 Å². The van der Waals surface area contributed by atoms with Gasteiger partial charge in [0, 0.05) is 6.04 Å². The molecule has 2 heteroatoms. The maximum atomic E-state index is 5.15. The predicted octanol–water partition coefficient (Wildman–Crippen LogP) is 1.47. The molecule has 0 amide bonds. The maximum Gasteiger partial charge on any atom is 0.0573 e. The zero-order chi connectivity index (χ0) is 10.2. The molecule has 14 heavy (non-hydrogen) atoms. The van der Waals surface area contributed by atoms with E-state index < -0.39 is 0 Å². The number of hydrogen-bond donors (Lipinski definition) is 1. The summed E-state index contributed by atoms with van der Waals surface area (Å²) in [6.07, 6.45) is 10.5. The van der Waals surface area contributed by atoms with E-state index in [0.717, 1.165) is 12.6 Å². The van der Waals surface area contributed by atoms with Crippen LogP contribution in [0.2, 0.25) is 0 Å². The fraction of sp³-hybridized carbons (Fsp3) is 0.833. The van der Waals surface area contributed by atoms with Crippen molar-refractivity contribution in [3.63, 3.8) is 0 Å². The van der Waals surface area contributed by atoms with Crippen molar-refractivity contribution in [2.75, 3.05) is 26.2 Å². The van der Waals surface area contributed by atoms with Gasteiger partial charge in [0.25, 0.3) is 0 Å². The Hall–Kier alpha value is -0.520. The SMILES string of the molecule is C#CCNCCCN1CCCCC1C. The Morgan fingerprint density at radius 3 is 3.07 bits per heavy atom. The van der Waals surface area contributed by atoms with Gasteiger partial charge in [-0.1, -0.05) is 12.3 Å². The van der Waals surface area contributed by atoms with Crippen LogP contribution in [0.4, 0.5) is 0 Å². The van der Waals surface area contributed by atoms with Crippen LogP contribution in [0.15, 0.2) is 0 Å². The molecule has 1 saturated heterocycles. The van der Waals surface area contributed by atoms with Gasteiger partial charge in [-0.15, -0.1) is 6.42 Å². The van der Waals surface area contributed by atoms with Gasteiger partial charge in [0.2, 0.25) is 0 Å². The van der Waals surface area contributed by atoms with E-state index in [2.05, 4.69) is 23.1 Å². The largest absolute Gasteiger partial charge is 0.306 e. The summed E-state index contributed by atoms with van der Waals surface area (Å²) in [6.45, 7) is 6.60. The highest BCUT2D eigenvalue weighted by Crippen LogP contribution is 2.15. The van der Waals surface area contributed by atoms with E-state index in [1.165, 1.54) is 38.8 Å². The summed E-state index contributed by atoms with van der Waals surface area (Å²) in [5.74, 6) is 2.59. The second kappa shape index (κ2) is 6.86. The predicted molar refractivity (Wildman–Crippen MR) is 61.2 cm³/mol. The molecule has 80 valence electrons. The second-order valence-corrected chi connectivity index (χ2v) is 4.12. The molecular formula is C12H22N2. The van der Waals surface area contributed by atoms with Gasteiger partial charge in [0.15, 0.2) is 0 Å². The summed E-state index contributed by atoms with van der Waals surface area (Å²) in [5.41, 5.74) is 0. The van der Waals surface area contributed by atoms with Crippen molar-refractivity contribution in [1.82, 2.24) is 10.2 Å². The molecule has 1 heterocycles. The van der Waals surface area contributed by atoms with E-state index in [-0.39, 0.29) is 0 Å². The van der Waals surface area contributed by atoms with E-state index in [1.54, 1.807) is 0 Å². The Kier molecular flexibility index (Phi) is 5.66. The molecule has 1 fully saturated rings. The summed E-state index contributed by atoms with van der Waals surface area (Å²) in [4.78, 5) is 2.60. The summed E-state index contributed by atoms with van der Waals surface area (Å²) < 4.78 is 0. The molecule has 1 rings (SSSR count). The smallest absolute Gasteiger partial charge is 0.0573 e. The van der Waals surface area contributed by atoms with Gasteiger partial charge < -0.3 is 10.2 Å². The molecule has 1 atom stereocenters. The van der Waals surface area contributed by atoms with E-state index in [1.807, 2.05) is 0 Å². The van der Waals surface area contributed by atoms with E-state index in [0.29, 0.717) is 6.54 Å². The average molecular weight is 194 g/mol. The van der Waals surface area contributed by atoms with Crippen LogP contribution in [0, 0.1) is 12.3 Å². The molecular weight excluding hydrogens is 172 g/mol. The average Bonchev–Trinajstić information content (AvgIpc) is 2.20. The molecule has 0 aromatic heterocycles. The van der Waals surface area contributed by atoms with Gasteiger partial charge >= 0.3 is 0 Å². The quantitative estimate of drug-likeness (QED) is 0.527. The number of nitrogens with one attached hydrogen (secondary N) is 1. The maximum absolute atomic E-state index is 5.15. The van der Waals surface area contributed by atoms with Crippen molar-refractivity contribution in [2.24, 2.45) is 0 Å². The molecule has 0 aliphatic carbocycles. The van der Waals surface area contributed by atoms with Crippen molar-refractivity contribution in [2.45, 2.75) is 38.6 Å². The van der Waals surface area contributed by atoms with Crippen LogP contribution in [0.25, 0.3) is 0 Å². The lowest BCUT2D eigenvalue weighted by Crippen LogP contribution is -2.38. The van der Waals surface area contributed by atoms with Gasteiger partial charge in [-0.05, 0) is 45.8 Å². The number of hydrogen-bond acceptors (Lipinski definition) is 2. The third-order valence-corrected chi connectivity index (χ3v) is 2.97. The third-order valence-electron chi connectivity index (χ3n) is 2.97. The topological polar surface area (TPSA) is 15.3 Å². The van der Waals surface area contributed by atoms with Gasteiger partial charge in [-0.25, -0.2) is 0 Å². The first-order valence-electron chi connectivity index (χ1n) is 5.73. The summed E-state index contributed by atoms with van der Waals surface area (Å²) in [7, 11) is 0. The van der Waals surface area contributed by atoms with Crippen LogP contribution in [0.3, 0.4) is 0 Å². The van der Waals surface area contributed by atoms with Crippen molar-refractivity contribution < 1.29 is 0 Å². The molecule has 2 nitrogen and oxygen atoms in total. The Labute approximate surface area is 88.1 Å². The minimum absolute atomic E-state index is 0.704. The van der Waals surface area contributed by atoms with Crippen molar-refractivity contribution in [3.8, 4) is 12.3 Å². The lowest BCUT2D eigenvalue weighted by Gasteiger charge is -2.33. The number of nitrogens with zero attached hydrogens (tertiary/aromatic N) is 1. The first kappa shape index (κ1) is 11.6. The number of likely N-dealkylation sites (tertiary alicyclic amines) is 1. The van der Waals surface area contributed by atoms with Crippen LogP contribution >= 0.6 is 0 Å². The van der Waals surface area contributed by atoms with Gasteiger partial charge in [-0.3, -0.25) is 0 Å². The fourth-order valence-electron chi connectivity index (χ4n) is 2.06. The van der Waals surface area contributed by atoms with E-state index in [9.17, 15) is 0 Å². The first-order valence-corrected chi connectivity index (χ1v) is 5.73. The van der Waals surface area contributed by atoms with Crippen molar-refractivity contribution >= 4 is 0 Å². The van der Waals surface area contributed by atoms with Crippen LogP contribution in [-0.2, 0) is 0 Å². The van der Waals surface area contributed by atoms with E-state index >= 15 is 0 Å². The van der Waals surface area contributed by atoms with Gasteiger partial charge in [0.1, 0.15) is 0 Å². The minimum Gasteiger partial charge on any atom is -0.306 e. The summed E-state index contributed by atoms with van der Waals surface area (Å²) >= 11 is 0. The molecule has 1 unspecified atom stereocenters. The zero-order valence-corrected chi connectivity index (χ0v) is 9.26. The highest BCUT2D eigenvalue weighted by atomic mass is 15.2. The van der Waals surface area contributed by atoms with Crippen molar-refractivity contribution in [3.05, 3.63) is 0 Å². The Morgan fingerprint density at radius 1 is 1.50 bits per heavy atom. The van der Waals surface area contributed by atoms with Crippen LogP contribution < -0.4 is 5.32 Å². The molecule has 0 spiro atoms. The van der Waals surface area contributed by atoms with E-state index in [4.69, 9.17) is 6.42 Å². The Bertz CT molecular complexity index is 183. The molecule has 0 radical (unpaired) electrons. The molecule has 0 aromatic rings. The van der Waals surface area contributed by atoms with Crippen LogP contribution in [0.1, 0.15) is 32.6 Å². The minimum atomic E-state index is 0.704. The number of rotatable bonds is 5.